The van der Waals surface area contributed by atoms with Crippen molar-refractivity contribution in [3.8, 4) is 0 Å². The van der Waals surface area contributed by atoms with Gasteiger partial charge in [-0.25, -0.2) is 4.79 Å². The van der Waals surface area contributed by atoms with Crippen LogP contribution in [0.15, 0.2) is 11.8 Å². The Hall–Kier alpha value is -2.21. The molecule has 0 bridgehead atoms. The van der Waals surface area contributed by atoms with E-state index in [1.165, 1.54) is 7.11 Å². The van der Waals surface area contributed by atoms with Crippen LogP contribution in [0.25, 0.3) is 0 Å². The van der Waals surface area contributed by atoms with Crippen molar-refractivity contribution in [1.82, 2.24) is 26.6 Å². The minimum absolute atomic E-state index is 0.144. The molecule has 7 N–H and O–H groups in total. The molecule has 1 unspecified atom stereocenters. The summed E-state index contributed by atoms with van der Waals surface area (Å²) >= 11 is 0. The molecule has 0 spiro atoms. The molecule has 1 fully saturated rings. The van der Waals surface area contributed by atoms with Gasteiger partial charge in [-0.1, -0.05) is 26.8 Å². The minimum atomic E-state index is -1.30. The fraction of sp³-hybridized carbons (Fsp3) is 0.815. The highest BCUT2D eigenvalue weighted by Gasteiger charge is 2.55. The number of hydrogen-bond donors (Lipinski definition) is 7. The zero-order valence-electron chi connectivity index (χ0n) is 23.9. The quantitative estimate of drug-likeness (QED) is 0.0694. The topological polar surface area (TPSA) is 161 Å². The Morgan fingerprint density at radius 1 is 1.18 bits per heavy atom. The summed E-state index contributed by atoms with van der Waals surface area (Å²) in [7, 11) is 1.18. The molecule has 38 heavy (non-hydrogen) atoms. The molecular weight excluding hydrogens is 490 g/mol. The second-order valence-electron chi connectivity index (χ2n) is 11.3. The summed E-state index contributed by atoms with van der Waals surface area (Å²) in [5.74, 6) is -1.25. The summed E-state index contributed by atoms with van der Waals surface area (Å²) < 4.78 is 4.68. The lowest BCUT2D eigenvalue weighted by Crippen LogP contribution is -2.62. The molecule has 1 saturated carbocycles. The molecular formula is C27H49N5O6. The van der Waals surface area contributed by atoms with E-state index in [0.29, 0.717) is 19.3 Å². The number of rotatable bonds is 19. The number of hydrogen-bond acceptors (Lipinski definition) is 9. The van der Waals surface area contributed by atoms with Gasteiger partial charge in [-0.2, -0.15) is 0 Å². The van der Waals surface area contributed by atoms with Crippen molar-refractivity contribution in [3.63, 3.8) is 0 Å². The highest BCUT2D eigenvalue weighted by atomic mass is 16.5. The standard InChI is InChI=1S/C27H49N5O6/c1-7-28-13-9-8-10-26(5,25(37)30-22(16-33)24(36)38-6)32-23(35)21(14-17(2)3)29-20-15-19(20)27(11-12-27)31-18(4)34/h15,17-19,21-22,28-29,31,33-34H,7-14,16H2,1-6H3,(H,30,37)(H,32,35)/t18-,19?,21-,22-,26+/m0/s1. The van der Waals surface area contributed by atoms with Crippen LogP contribution >= 0.6 is 0 Å². The fourth-order valence-corrected chi connectivity index (χ4v) is 4.86. The maximum atomic E-state index is 13.6. The number of aliphatic hydroxyl groups is 2. The third kappa shape index (κ3) is 9.21. The first-order chi connectivity index (χ1) is 17.9. The Balaban J connectivity index is 2.12. The zero-order valence-corrected chi connectivity index (χ0v) is 23.9. The average Bonchev–Trinajstić information content (AvgIpc) is 3.77. The van der Waals surface area contributed by atoms with Crippen LogP contribution in [0.5, 0.6) is 0 Å². The van der Waals surface area contributed by atoms with Crippen molar-refractivity contribution in [2.24, 2.45) is 11.8 Å². The largest absolute Gasteiger partial charge is 0.467 e. The van der Waals surface area contributed by atoms with Crippen molar-refractivity contribution in [1.29, 1.82) is 0 Å². The number of aliphatic hydroxyl groups excluding tert-OH is 2. The van der Waals surface area contributed by atoms with E-state index in [2.05, 4.69) is 37.4 Å². The van der Waals surface area contributed by atoms with E-state index in [1.807, 2.05) is 20.8 Å². The lowest BCUT2D eigenvalue weighted by Gasteiger charge is -2.33. The van der Waals surface area contributed by atoms with E-state index < -0.39 is 42.3 Å². The van der Waals surface area contributed by atoms with E-state index in [9.17, 15) is 24.6 Å². The first kappa shape index (κ1) is 32.0. The maximum Gasteiger partial charge on any atom is 0.330 e. The molecule has 2 aliphatic carbocycles. The number of carbonyl (C=O) groups excluding carboxylic acids is 3. The van der Waals surface area contributed by atoms with E-state index in [1.54, 1.807) is 13.8 Å². The van der Waals surface area contributed by atoms with Gasteiger partial charge in [0.25, 0.3) is 0 Å². The normalized spacial score (nSPS) is 21.4. The van der Waals surface area contributed by atoms with Crippen molar-refractivity contribution >= 4 is 17.8 Å². The summed E-state index contributed by atoms with van der Waals surface area (Å²) in [6, 6.07) is -1.78. The predicted molar refractivity (Wildman–Crippen MR) is 145 cm³/mol. The molecule has 5 atom stereocenters. The van der Waals surface area contributed by atoms with Crippen LogP contribution in [-0.4, -0.2) is 84.2 Å². The van der Waals surface area contributed by atoms with Gasteiger partial charge in [-0.3, -0.25) is 14.9 Å². The highest BCUT2D eigenvalue weighted by Crippen LogP contribution is 2.52. The Labute approximate surface area is 226 Å². The minimum Gasteiger partial charge on any atom is -0.467 e. The molecule has 11 heteroatoms. The van der Waals surface area contributed by atoms with E-state index in [4.69, 9.17) is 0 Å². The Morgan fingerprint density at radius 3 is 2.39 bits per heavy atom. The molecule has 0 saturated heterocycles. The average molecular weight is 540 g/mol. The summed E-state index contributed by atoms with van der Waals surface area (Å²) in [6.45, 7) is 10.5. The first-order valence-electron chi connectivity index (χ1n) is 13.9. The van der Waals surface area contributed by atoms with Gasteiger partial charge in [0.1, 0.15) is 17.8 Å². The van der Waals surface area contributed by atoms with Crippen molar-refractivity contribution < 1.29 is 29.3 Å². The highest BCUT2D eigenvalue weighted by molar-refractivity contribution is 5.95. The molecule has 11 nitrogen and oxygen atoms in total. The fourth-order valence-electron chi connectivity index (χ4n) is 4.86. The molecule has 0 radical (unpaired) electrons. The summed E-state index contributed by atoms with van der Waals surface area (Å²) in [5, 5.41) is 34.8. The van der Waals surface area contributed by atoms with Gasteiger partial charge in [0.05, 0.1) is 13.7 Å². The van der Waals surface area contributed by atoms with Gasteiger partial charge in [0.15, 0.2) is 6.04 Å². The lowest BCUT2D eigenvalue weighted by molar-refractivity contribution is -0.147. The zero-order chi connectivity index (χ0) is 28.5. The number of methoxy groups -OCH3 is 1. The Bertz CT molecular complexity index is 844. The van der Waals surface area contributed by atoms with E-state index in [-0.39, 0.29) is 23.3 Å². The second kappa shape index (κ2) is 14.3. The summed E-state index contributed by atoms with van der Waals surface area (Å²) in [5.41, 5.74) is -0.479. The van der Waals surface area contributed by atoms with Gasteiger partial charge in [-0.05, 0) is 71.4 Å². The number of carbonyl (C=O) groups is 3. The number of ether oxygens (including phenoxy) is 1. The third-order valence-corrected chi connectivity index (χ3v) is 7.22. The lowest BCUT2D eigenvalue weighted by atomic mass is 9.91. The van der Waals surface area contributed by atoms with Crippen molar-refractivity contribution in [2.45, 2.75) is 103 Å². The number of amides is 2. The monoisotopic (exact) mass is 539 g/mol. The number of nitrogens with one attached hydrogen (secondary N) is 5. The van der Waals surface area contributed by atoms with Crippen LogP contribution in [-0.2, 0) is 19.1 Å². The van der Waals surface area contributed by atoms with Crippen LogP contribution < -0.4 is 26.6 Å². The molecule has 0 aliphatic heterocycles. The van der Waals surface area contributed by atoms with Gasteiger partial charge >= 0.3 is 5.97 Å². The van der Waals surface area contributed by atoms with Gasteiger partial charge in [0, 0.05) is 17.2 Å². The predicted octanol–water partition coefficient (Wildman–Crippen LogP) is 0.270. The Kier molecular flexibility index (Phi) is 12.0. The molecule has 2 rings (SSSR count). The number of esters is 1. The molecule has 218 valence electrons. The molecule has 2 aliphatic rings. The molecule has 2 amide bonds. The van der Waals surface area contributed by atoms with Crippen LogP contribution in [0.3, 0.4) is 0 Å². The van der Waals surface area contributed by atoms with E-state index >= 15 is 0 Å². The van der Waals surface area contributed by atoms with Crippen LogP contribution in [0, 0.1) is 11.8 Å². The smallest absolute Gasteiger partial charge is 0.330 e. The second-order valence-corrected chi connectivity index (χ2v) is 11.3. The maximum absolute atomic E-state index is 13.6. The third-order valence-electron chi connectivity index (χ3n) is 7.22. The summed E-state index contributed by atoms with van der Waals surface area (Å²) in [4.78, 5) is 38.9. The van der Waals surface area contributed by atoms with Crippen LogP contribution in [0.1, 0.15) is 73.1 Å². The van der Waals surface area contributed by atoms with Gasteiger partial charge in [-0.15, -0.1) is 0 Å². The Morgan fingerprint density at radius 2 is 1.87 bits per heavy atom. The first-order valence-corrected chi connectivity index (χ1v) is 13.9. The SMILES string of the molecule is CCNCCCC[C@@](C)(NC(=O)[C@H](CC(C)C)NC1=CC1C1(N[C@H](C)O)CC1)C(=O)N[C@@H](CO)C(=O)OC. The summed E-state index contributed by atoms with van der Waals surface area (Å²) in [6.07, 6.45) is 5.80. The molecule has 0 aromatic carbocycles. The number of unbranched alkanes of at least 4 members (excludes halogenated alkanes) is 1. The van der Waals surface area contributed by atoms with Crippen LogP contribution in [0.2, 0.25) is 0 Å². The molecule has 0 heterocycles. The van der Waals surface area contributed by atoms with Gasteiger partial charge < -0.3 is 36.2 Å². The van der Waals surface area contributed by atoms with Gasteiger partial charge in [0.2, 0.25) is 11.8 Å². The van der Waals surface area contributed by atoms with Crippen LogP contribution in [0.4, 0.5) is 0 Å². The molecule has 0 aromatic heterocycles. The van der Waals surface area contributed by atoms with Crippen molar-refractivity contribution in [3.05, 3.63) is 11.8 Å². The molecule has 0 aromatic rings. The van der Waals surface area contributed by atoms with Crippen molar-refractivity contribution in [2.75, 3.05) is 26.8 Å². The van der Waals surface area contributed by atoms with E-state index in [0.717, 1.165) is 38.0 Å².